The molecule has 0 radical (unpaired) electrons. The Balaban J connectivity index is 2.62. The van der Waals surface area contributed by atoms with Crippen LogP contribution in [-0.4, -0.2) is 29.4 Å². The summed E-state index contributed by atoms with van der Waals surface area (Å²) in [6.07, 6.45) is 0.393. The molecule has 5 heteroatoms. The van der Waals surface area contributed by atoms with Gasteiger partial charge in [-0.15, -0.1) is 0 Å². The number of carboxylic acid groups (broad SMARTS) is 1. The van der Waals surface area contributed by atoms with E-state index < -0.39 is 5.97 Å². The van der Waals surface area contributed by atoms with Crippen molar-refractivity contribution in [2.75, 3.05) is 7.11 Å². The van der Waals surface area contributed by atoms with Gasteiger partial charge in [-0.1, -0.05) is 31.2 Å². The molecule has 4 nitrogen and oxygen atoms in total. The van der Waals surface area contributed by atoms with Gasteiger partial charge in [0, 0.05) is 11.0 Å². The monoisotopic (exact) mass is 282 g/mol. The third kappa shape index (κ3) is 5.79. The SMILES string of the molecule is COC(=O)Cc1ccccc1CSC(C)CC(=O)O. The number of hydrogen-bond donors (Lipinski definition) is 1. The average Bonchev–Trinajstić information content (AvgIpc) is 2.36. The van der Waals surface area contributed by atoms with Crippen LogP contribution in [0.5, 0.6) is 0 Å². The number of methoxy groups -OCH3 is 1. The van der Waals surface area contributed by atoms with Crippen LogP contribution in [0.15, 0.2) is 24.3 Å². The summed E-state index contributed by atoms with van der Waals surface area (Å²) in [6.45, 7) is 1.89. The Hall–Kier alpha value is -1.49. The summed E-state index contributed by atoms with van der Waals surface area (Å²) >= 11 is 1.57. The lowest BCUT2D eigenvalue weighted by Crippen LogP contribution is -2.08. The zero-order valence-corrected chi connectivity index (χ0v) is 11.9. The maximum absolute atomic E-state index is 11.3. The van der Waals surface area contributed by atoms with Crippen molar-refractivity contribution < 1.29 is 19.4 Å². The molecule has 0 bridgehead atoms. The topological polar surface area (TPSA) is 63.6 Å². The van der Waals surface area contributed by atoms with E-state index >= 15 is 0 Å². The minimum atomic E-state index is -0.789. The molecule has 0 fully saturated rings. The highest BCUT2D eigenvalue weighted by Gasteiger charge is 2.11. The van der Waals surface area contributed by atoms with Crippen molar-refractivity contribution in [3.05, 3.63) is 35.4 Å². The van der Waals surface area contributed by atoms with E-state index in [0.717, 1.165) is 11.1 Å². The van der Waals surface area contributed by atoms with Gasteiger partial charge in [-0.05, 0) is 11.1 Å². The lowest BCUT2D eigenvalue weighted by molar-refractivity contribution is -0.140. The van der Waals surface area contributed by atoms with Crippen molar-refractivity contribution in [3.8, 4) is 0 Å². The highest BCUT2D eigenvalue weighted by molar-refractivity contribution is 7.99. The standard InChI is InChI=1S/C14H18O4S/c1-10(7-13(15)16)19-9-12-6-4-3-5-11(12)8-14(17)18-2/h3-6,10H,7-9H2,1-2H3,(H,15,16). The molecule has 1 aromatic carbocycles. The maximum atomic E-state index is 11.3. The smallest absolute Gasteiger partial charge is 0.309 e. The van der Waals surface area contributed by atoms with Gasteiger partial charge >= 0.3 is 11.9 Å². The predicted molar refractivity (Wildman–Crippen MR) is 75.2 cm³/mol. The fourth-order valence-corrected chi connectivity index (χ4v) is 2.64. The summed E-state index contributed by atoms with van der Waals surface area (Å²) in [5.41, 5.74) is 1.99. The highest BCUT2D eigenvalue weighted by atomic mass is 32.2. The van der Waals surface area contributed by atoms with Crippen LogP contribution < -0.4 is 0 Å². The van der Waals surface area contributed by atoms with Crippen LogP contribution in [0.25, 0.3) is 0 Å². The van der Waals surface area contributed by atoms with Crippen LogP contribution in [0.2, 0.25) is 0 Å². The van der Waals surface area contributed by atoms with Gasteiger partial charge in [0.15, 0.2) is 0 Å². The largest absolute Gasteiger partial charge is 0.481 e. The first-order valence-electron chi connectivity index (χ1n) is 6.00. The normalized spacial score (nSPS) is 11.9. The van der Waals surface area contributed by atoms with Crippen molar-refractivity contribution in [2.24, 2.45) is 0 Å². The number of carboxylic acids is 1. The Kier molecular flexibility index (Phi) is 6.42. The number of aliphatic carboxylic acids is 1. The van der Waals surface area contributed by atoms with Crippen LogP contribution >= 0.6 is 11.8 Å². The molecule has 0 aliphatic rings. The van der Waals surface area contributed by atoms with Crippen molar-refractivity contribution in [2.45, 2.75) is 30.8 Å². The second-order valence-corrected chi connectivity index (χ2v) is 5.67. The Morgan fingerprint density at radius 1 is 1.32 bits per heavy atom. The van der Waals surface area contributed by atoms with E-state index in [2.05, 4.69) is 4.74 Å². The first-order valence-corrected chi connectivity index (χ1v) is 7.04. The molecule has 0 amide bonds. The molecule has 1 unspecified atom stereocenters. The molecule has 0 aliphatic carbocycles. The van der Waals surface area contributed by atoms with Crippen molar-refractivity contribution >= 4 is 23.7 Å². The number of rotatable bonds is 7. The quantitative estimate of drug-likeness (QED) is 0.778. The Morgan fingerprint density at radius 2 is 1.95 bits per heavy atom. The number of carbonyl (C=O) groups excluding carboxylic acids is 1. The average molecular weight is 282 g/mol. The summed E-state index contributed by atoms with van der Waals surface area (Å²) in [6, 6.07) is 7.65. The fourth-order valence-electron chi connectivity index (χ4n) is 1.64. The first-order chi connectivity index (χ1) is 9.02. The summed E-state index contributed by atoms with van der Waals surface area (Å²) in [7, 11) is 1.37. The molecular weight excluding hydrogens is 264 g/mol. The number of benzene rings is 1. The second kappa shape index (κ2) is 7.84. The molecule has 19 heavy (non-hydrogen) atoms. The second-order valence-electron chi connectivity index (χ2n) is 4.24. The third-order valence-electron chi connectivity index (χ3n) is 2.67. The number of hydrogen-bond acceptors (Lipinski definition) is 4. The van der Waals surface area contributed by atoms with E-state index in [4.69, 9.17) is 5.11 Å². The molecule has 104 valence electrons. The molecule has 0 aromatic heterocycles. The van der Waals surface area contributed by atoms with E-state index in [-0.39, 0.29) is 24.1 Å². The Labute approximate surface area is 117 Å². The van der Waals surface area contributed by atoms with Gasteiger partial charge in [0.05, 0.1) is 20.0 Å². The van der Waals surface area contributed by atoms with E-state index in [9.17, 15) is 9.59 Å². The molecule has 1 N–H and O–H groups in total. The first kappa shape index (κ1) is 15.6. The molecule has 1 rings (SSSR count). The van der Waals surface area contributed by atoms with Crippen molar-refractivity contribution in [3.63, 3.8) is 0 Å². The third-order valence-corrected chi connectivity index (χ3v) is 3.88. The van der Waals surface area contributed by atoms with Gasteiger partial charge in [-0.25, -0.2) is 0 Å². The van der Waals surface area contributed by atoms with Gasteiger partial charge in [-0.3, -0.25) is 9.59 Å². The van der Waals surface area contributed by atoms with Crippen molar-refractivity contribution in [1.29, 1.82) is 0 Å². The zero-order valence-electron chi connectivity index (χ0n) is 11.1. The Morgan fingerprint density at radius 3 is 2.53 bits per heavy atom. The summed E-state index contributed by atoms with van der Waals surface area (Å²) in [5, 5.41) is 8.76. The van der Waals surface area contributed by atoms with Gasteiger partial charge in [0.1, 0.15) is 0 Å². The van der Waals surface area contributed by atoms with Crippen LogP contribution in [0.1, 0.15) is 24.5 Å². The van der Waals surface area contributed by atoms with Crippen LogP contribution in [0, 0.1) is 0 Å². The minimum Gasteiger partial charge on any atom is -0.481 e. The molecule has 1 aromatic rings. The minimum absolute atomic E-state index is 0.0451. The van der Waals surface area contributed by atoms with E-state index in [1.807, 2.05) is 31.2 Å². The number of ether oxygens (including phenoxy) is 1. The summed E-state index contributed by atoms with van der Waals surface area (Å²) in [4.78, 5) is 21.9. The molecular formula is C14H18O4S. The van der Waals surface area contributed by atoms with Crippen LogP contribution in [0.3, 0.4) is 0 Å². The van der Waals surface area contributed by atoms with E-state index in [1.54, 1.807) is 11.8 Å². The Bertz CT molecular complexity index is 445. The van der Waals surface area contributed by atoms with Gasteiger partial charge in [-0.2, -0.15) is 11.8 Å². The number of carbonyl (C=O) groups is 2. The molecule has 0 heterocycles. The summed E-state index contributed by atoms with van der Waals surface area (Å²) in [5.74, 6) is -0.361. The maximum Gasteiger partial charge on any atom is 0.309 e. The number of esters is 1. The van der Waals surface area contributed by atoms with E-state index in [1.165, 1.54) is 7.11 Å². The lowest BCUT2D eigenvalue weighted by Gasteiger charge is -2.11. The molecule has 0 saturated carbocycles. The highest BCUT2D eigenvalue weighted by Crippen LogP contribution is 2.22. The van der Waals surface area contributed by atoms with Gasteiger partial charge < -0.3 is 9.84 Å². The molecule has 0 aliphatic heterocycles. The van der Waals surface area contributed by atoms with Crippen LogP contribution in [0.4, 0.5) is 0 Å². The molecule has 0 saturated heterocycles. The van der Waals surface area contributed by atoms with Crippen molar-refractivity contribution in [1.82, 2.24) is 0 Å². The van der Waals surface area contributed by atoms with Crippen LogP contribution in [-0.2, 0) is 26.5 Å². The van der Waals surface area contributed by atoms with E-state index in [0.29, 0.717) is 5.75 Å². The predicted octanol–water partition coefficient (Wildman–Crippen LogP) is 2.50. The number of thioether (sulfide) groups is 1. The lowest BCUT2D eigenvalue weighted by atomic mass is 10.1. The molecule has 1 atom stereocenters. The fraction of sp³-hybridized carbons (Fsp3) is 0.429. The van der Waals surface area contributed by atoms with Gasteiger partial charge in [0.2, 0.25) is 0 Å². The summed E-state index contributed by atoms with van der Waals surface area (Å²) < 4.78 is 4.66. The zero-order chi connectivity index (χ0) is 14.3. The van der Waals surface area contributed by atoms with Gasteiger partial charge in [0.25, 0.3) is 0 Å². The molecule has 0 spiro atoms.